The maximum atomic E-state index is 15.0. The number of carbonyl (C=O) groups excluding carboxylic acids is 2. The van der Waals surface area contributed by atoms with Gasteiger partial charge in [0.2, 0.25) is 5.91 Å². The van der Waals surface area contributed by atoms with Gasteiger partial charge in [-0.25, -0.2) is 18.6 Å². The van der Waals surface area contributed by atoms with Gasteiger partial charge in [-0.2, -0.15) is 0 Å². The predicted molar refractivity (Wildman–Crippen MR) is 152 cm³/mol. The van der Waals surface area contributed by atoms with Crippen molar-refractivity contribution in [1.82, 2.24) is 19.8 Å². The van der Waals surface area contributed by atoms with Crippen LogP contribution in [0.5, 0.6) is 11.5 Å². The highest BCUT2D eigenvalue weighted by Crippen LogP contribution is 2.37. The fourth-order valence-electron chi connectivity index (χ4n) is 3.96. The Morgan fingerprint density at radius 3 is 2.55 bits per heavy atom. The lowest BCUT2D eigenvalue weighted by atomic mass is 10.2. The van der Waals surface area contributed by atoms with E-state index in [0.29, 0.717) is 48.4 Å². The van der Waals surface area contributed by atoms with Crippen LogP contribution in [0, 0.1) is 11.6 Å². The number of hydrogen-bond donors (Lipinski definition) is 2. The number of rotatable bonds is 10. The van der Waals surface area contributed by atoms with Gasteiger partial charge in [0, 0.05) is 62.5 Å². The third-order valence-corrected chi connectivity index (χ3v) is 8.44. The number of halogens is 3. The van der Waals surface area contributed by atoms with Crippen molar-refractivity contribution >= 4 is 52.7 Å². The molecule has 14 heteroatoms. The SMILES string of the molecule is C[Si](C)(C)CCOCn1cc(Br)c2c(Oc3c(F)cc(NC(=O)NCC(=O)N4CCOCC4)cc3F)ccnc21. The summed E-state index contributed by atoms with van der Waals surface area (Å²) in [6, 6.07) is 3.63. The number of benzene rings is 1. The molecule has 0 atom stereocenters. The molecule has 0 radical (unpaired) electrons. The lowest BCUT2D eigenvalue weighted by Crippen LogP contribution is -2.46. The van der Waals surface area contributed by atoms with Crippen LogP contribution >= 0.6 is 15.9 Å². The summed E-state index contributed by atoms with van der Waals surface area (Å²) in [5.74, 6) is -2.76. The molecule has 0 spiro atoms. The molecule has 3 heterocycles. The lowest BCUT2D eigenvalue weighted by Gasteiger charge is -2.26. The largest absolute Gasteiger partial charge is 0.450 e. The highest BCUT2D eigenvalue weighted by atomic mass is 79.9. The lowest BCUT2D eigenvalue weighted by molar-refractivity contribution is -0.134. The van der Waals surface area contributed by atoms with Crippen molar-refractivity contribution in [3.8, 4) is 11.5 Å². The van der Waals surface area contributed by atoms with Gasteiger partial charge in [0.15, 0.2) is 17.4 Å². The first-order valence-corrected chi connectivity index (χ1v) is 17.3. The molecule has 1 fully saturated rings. The Morgan fingerprint density at radius 2 is 1.88 bits per heavy atom. The molecule has 0 unspecified atom stereocenters. The van der Waals surface area contributed by atoms with Crippen LogP contribution in [0.25, 0.3) is 11.0 Å². The van der Waals surface area contributed by atoms with E-state index in [1.165, 1.54) is 12.3 Å². The van der Waals surface area contributed by atoms with Crippen molar-refractivity contribution in [3.05, 3.63) is 46.7 Å². The van der Waals surface area contributed by atoms with Crippen LogP contribution < -0.4 is 15.4 Å². The predicted octanol–water partition coefficient (Wildman–Crippen LogP) is 5.16. The summed E-state index contributed by atoms with van der Waals surface area (Å²) in [6.45, 7) is 9.22. The monoisotopic (exact) mass is 639 g/mol. The molecule has 3 aromatic rings. The molecule has 0 saturated carbocycles. The molecule has 2 N–H and O–H groups in total. The van der Waals surface area contributed by atoms with Gasteiger partial charge in [-0.1, -0.05) is 19.6 Å². The van der Waals surface area contributed by atoms with Crippen LogP contribution in [0.4, 0.5) is 19.3 Å². The van der Waals surface area contributed by atoms with Gasteiger partial charge in [0.1, 0.15) is 18.1 Å². The van der Waals surface area contributed by atoms with E-state index >= 15 is 0 Å². The first-order chi connectivity index (χ1) is 19.0. The van der Waals surface area contributed by atoms with E-state index in [1.54, 1.807) is 15.7 Å². The Morgan fingerprint density at radius 1 is 1.18 bits per heavy atom. The molecular formula is C26H32BrF2N5O5Si. The number of nitrogens with one attached hydrogen (secondary N) is 2. The van der Waals surface area contributed by atoms with Crippen molar-refractivity contribution < 1.29 is 32.6 Å². The molecule has 0 bridgehead atoms. The minimum atomic E-state index is -1.23. The number of morpholine rings is 1. The number of ether oxygens (including phenoxy) is 3. The third-order valence-electron chi connectivity index (χ3n) is 6.13. The number of anilines is 1. The maximum Gasteiger partial charge on any atom is 0.319 e. The minimum Gasteiger partial charge on any atom is -0.450 e. The summed E-state index contributed by atoms with van der Waals surface area (Å²) in [4.78, 5) is 30.3. The molecule has 10 nitrogen and oxygen atoms in total. The Bertz CT molecular complexity index is 1350. The van der Waals surface area contributed by atoms with Gasteiger partial charge < -0.3 is 34.3 Å². The highest BCUT2D eigenvalue weighted by Gasteiger charge is 2.21. The fourth-order valence-corrected chi connectivity index (χ4v) is 5.33. The first kappa shape index (κ1) is 29.9. The van der Waals surface area contributed by atoms with Crippen molar-refractivity contribution in [1.29, 1.82) is 0 Å². The number of aromatic nitrogens is 2. The molecule has 40 heavy (non-hydrogen) atoms. The molecule has 1 aromatic carbocycles. The van der Waals surface area contributed by atoms with Crippen LogP contribution in [-0.2, 0) is 21.0 Å². The maximum absolute atomic E-state index is 15.0. The summed E-state index contributed by atoms with van der Waals surface area (Å²) >= 11 is 3.48. The zero-order valence-electron chi connectivity index (χ0n) is 22.6. The number of urea groups is 1. The number of carbonyl (C=O) groups is 2. The Balaban J connectivity index is 1.41. The second-order valence-electron chi connectivity index (χ2n) is 10.5. The van der Waals surface area contributed by atoms with E-state index in [4.69, 9.17) is 14.2 Å². The Hall–Kier alpha value is -3.07. The van der Waals surface area contributed by atoms with Gasteiger partial charge >= 0.3 is 6.03 Å². The van der Waals surface area contributed by atoms with Gasteiger partial charge in [0.25, 0.3) is 0 Å². The van der Waals surface area contributed by atoms with Crippen LogP contribution in [0.1, 0.15) is 0 Å². The molecule has 1 aliphatic heterocycles. The summed E-state index contributed by atoms with van der Waals surface area (Å²) in [5, 5.41) is 5.26. The first-order valence-electron chi connectivity index (χ1n) is 12.8. The number of amides is 3. The van der Waals surface area contributed by atoms with Gasteiger partial charge in [0.05, 0.1) is 25.1 Å². The quantitative estimate of drug-likeness (QED) is 0.234. The zero-order chi connectivity index (χ0) is 28.9. The molecule has 1 aliphatic rings. The van der Waals surface area contributed by atoms with E-state index in [9.17, 15) is 18.4 Å². The van der Waals surface area contributed by atoms with Crippen molar-refractivity contribution in [2.75, 3.05) is 44.8 Å². The van der Waals surface area contributed by atoms with E-state index < -0.39 is 31.5 Å². The van der Waals surface area contributed by atoms with Crippen LogP contribution in [0.2, 0.25) is 25.7 Å². The smallest absolute Gasteiger partial charge is 0.319 e. The molecule has 216 valence electrons. The summed E-state index contributed by atoms with van der Waals surface area (Å²) < 4.78 is 49.0. The van der Waals surface area contributed by atoms with E-state index in [2.05, 4.69) is 51.2 Å². The van der Waals surface area contributed by atoms with Crippen LogP contribution in [0.15, 0.2) is 35.1 Å². The number of pyridine rings is 1. The second kappa shape index (κ2) is 13.1. The van der Waals surface area contributed by atoms with E-state index in [1.807, 2.05) is 0 Å². The molecular weight excluding hydrogens is 608 g/mol. The summed E-state index contributed by atoms with van der Waals surface area (Å²) in [6.07, 6.45) is 3.26. The van der Waals surface area contributed by atoms with E-state index in [0.717, 1.165) is 18.2 Å². The molecule has 3 amide bonds. The third kappa shape index (κ3) is 7.77. The van der Waals surface area contributed by atoms with E-state index in [-0.39, 0.29) is 30.6 Å². The van der Waals surface area contributed by atoms with Crippen LogP contribution in [-0.4, -0.2) is 73.9 Å². The number of nitrogens with zero attached hydrogens (tertiary/aromatic N) is 3. The Kier molecular flexibility index (Phi) is 9.76. The summed E-state index contributed by atoms with van der Waals surface area (Å²) in [7, 11) is -1.23. The van der Waals surface area contributed by atoms with Crippen molar-refractivity contribution in [2.24, 2.45) is 0 Å². The van der Waals surface area contributed by atoms with Crippen molar-refractivity contribution in [2.45, 2.75) is 32.4 Å². The molecule has 1 saturated heterocycles. The average Bonchev–Trinajstić information content (AvgIpc) is 3.23. The normalized spacial score (nSPS) is 13.9. The highest BCUT2D eigenvalue weighted by molar-refractivity contribution is 9.10. The van der Waals surface area contributed by atoms with Gasteiger partial charge in [-0.05, 0) is 28.0 Å². The standard InChI is InChI=1S/C26H32BrF2N5O5Si/c1-40(2,3)11-10-38-16-34-15-18(27)23-21(4-5-30-25(23)34)39-24-19(28)12-17(13-20(24)29)32-26(36)31-14-22(35)33-6-8-37-9-7-33/h4-5,12-13,15H,6-11,14,16H2,1-3H3,(H2,31,32,36). The van der Waals surface area contributed by atoms with Crippen LogP contribution in [0.3, 0.4) is 0 Å². The van der Waals surface area contributed by atoms with Crippen molar-refractivity contribution in [3.63, 3.8) is 0 Å². The minimum absolute atomic E-state index is 0.138. The molecule has 4 rings (SSSR count). The second-order valence-corrected chi connectivity index (χ2v) is 17.0. The molecule has 0 aliphatic carbocycles. The average molecular weight is 641 g/mol. The number of hydrogen-bond acceptors (Lipinski definition) is 6. The van der Waals surface area contributed by atoms with Gasteiger partial charge in [-0.3, -0.25) is 4.79 Å². The number of fused-ring (bicyclic) bond motifs is 1. The Labute approximate surface area is 240 Å². The zero-order valence-corrected chi connectivity index (χ0v) is 25.1. The summed E-state index contributed by atoms with van der Waals surface area (Å²) in [5.41, 5.74) is 0.390. The molecule has 2 aromatic heterocycles. The topological polar surface area (TPSA) is 107 Å². The fraction of sp³-hybridized carbons (Fsp3) is 0.423. The van der Waals surface area contributed by atoms with Gasteiger partial charge in [-0.15, -0.1) is 0 Å².